The largest absolute Gasteiger partial charge is 0.446 e. The van der Waals surface area contributed by atoms with Gasteiger partial charge in [-0.2, -0.15) is 0 Å². The van der Waals surface area contributed by atoms with E-state index in [9.17, 15) is 19.5 Å². The van der Waals surface area contributed by atoms with E-state index < -0.39 is 54.0 Å². The molecule has 214 valence electrons. The van der Waals surface area contributed by atoms with Gasteiger partial charge in [-0.1, -0.05) is 48.5 Å². The number of carbonyl (C=O) groups excluding carboxylic acids is 3. The predicted molar refractivity (Wildman–Crippen MR) is 144 cm³/mol. The first-order valence-corrected chi connectivity index (χ1v) is 14.0. The maximum absolute atomic E-state index is 13.3. The van der Waals surface area contributed by atoms with Crippen molar-refractivity contribution in [1.82, 2.24) is 9.88 Å². The number of nitrogens with one attached hydrogen (secondary N) is 1. The zero-order chi connectivity index (χ0) is 28.6. The Hall–Kier alpha value is -3.73. The van der Waals surface area contributed by atoms with Crippen molar-refractivity contribution >= 4 is 28.8 Å². The highest BCUT2D eigenvalue weighted by atomic mass is 16.9. The Labute approximate surface area is 236 Å². The molecule has 1 aromatic heterocycles. The van der Waals surface area contributed by atoms with E-state index in [1.165, 1.54) is 5.56 Å². The Morgan fingerprint density at radius 3 is 2.34 bits per heavy atom. The van der Waals surface area contributed by atoms with E-state index in [2.05, 4.69) is 36.1 Å². The van der Waals surface area contributed by atoms with Gasteiger partial charge in [0.1, 0.15) is 5.60 Å². The summed E-state index contributed by atoms with van der Waals surface area (Å²) in [6.07, 6.45) is -0.275. The van der Waals surface area contributed by atoms with Gasteiger partial charge >= 0.3 is 23.9 Å². The molecule has 1 saturated carbocycles. The molecule has 3 aromatic rings. The molecule has 4 unspecified atom stereocenters. The summed E-state index contributed by atoms with van der Waals surface area (Å²) in [7, 11) is 4.15. The van der Waals surface area contributed by atoms with Crippen LogP contribution in [0.2, 0.25) is 0 Å². The van der Waals surface area contributed by atoms with Crippen molar-refractivity contribution in [1.29, 1.82) is 0 Å². The van der Waals surface area contributed by atoms with Gasteiger partial charge in [0.05, 0.1) is 18.5 Å². The van der Waals surface area contributed by atoms with E-state index in [0.717, 1.165) is 23.7 Å². The van der Waals surface area contributed by atoms with Gasteiger partial charge in [0.15, 0.2) is 5.60 Å². The molecule has 7 rings (SSSR count). The molecule has 0 radical (unpaired) electrons. The van der Waals surface area contributed by atoms with Crippen LogP contribution in [0.3, 0.4) is 0 Å². The number of hydrogen-bond donors (Lipinski definition) is 2. The number of H-pyrrole nitrogens is 1. The average molecular weight is 561 g/mol. The van der Waals surface area contributed by atoms with Crippen LogP contribution in [0.4, 0.5) is 0 Å². The predicted octanol–water partition coefficient (Wildman–Crippen LogP) is 3.75. The lowest BCUT2D eigenvalue weighted by molar-refractivity contribution is -0.426. The molecule has 4 atom stereocenters. The standard InChI is InChI=1S/C31H32N2O8/c1-33(2)25(18-8-4-3-5-9-18)19-12-14-30(15-13-19)26-24(20-10-6-7-11-21(20)32-26)27-31(41-30)39-23(35)17-29(37,28(36)40-31)16-22(34)38-27/h3-11,19,25,27,32,37H,12-17H2,1-2H3. The van der Waals surface area contributed by atoms with Crippen molar-refractivity contribution in [3.05, 3.63) is 71.4 Å². The summed E-state index contributed by atoms with van der Waals surface area (Å²) in [4.78, 5) is 45.0. The third-order valence-corrected chi connectivity index (χ3v) is 9.10. The Morgan fingerprint density at radius 2 is 1.61 bits per heavy atom. The first-order valence-electron chi connectivity index (χ1n) is 14.0. The number of aromatic nitrogens is 1. The number of hydrogen-bond acceptors (Lipinski definition) is 9. The number of para-hydroxylation sites is 1. The first-order chi connectivity index (χ1) is 19.6. The van der Waals surface area contributed by atoms with Gasteiger partial charge in [-0.25, -0.2) is 4.79 Å². The third kappa shape index (κ3) is 3.99. The first kappa shape index (κ1) is 26.2. The van der Waals surface area contributed by atoms with Crippen molar-refractivity contribution in [2.24, 2.45) is 5.92 Å². The van der Waals surface area contributed by atoms with Crippen molar-refractivity contribution < 1.29 is 38.4 Å². The minimum atomic E-state index is -2.40. The van der Waals surface area contributed by atoms with E-state index in [-0.39, 0.29) is 6.04 Å². The number of rotatable bonds is 3. The minimum absolute atomic E-state index is 0.177. The molecule has 2 aromatic carbocycles. The van der Waals surface area contributed by atoms with Gasteiger partial charge in [-0.3, -0.25) is 14.3 Å². The second-order valence-electron chi connectivity index (χ2n) is 11.9. The Morgan fingerprint density at radius 1 is 0.927 bits per heavy atom. The number of esters is 3. The molecule has 2 N–H and O–H groups in total. The molecule has 4 heterocycles. The average Bonchev–Trinajstić information content (AvgIpc) is 3.30. The third-order valence-electron chi connectivity index (χ3n) is 9.10. The van der Waals surface area contributed by atoms with Crippen molar-refractivity contribution in [3.8, 4) is 0 Å². The molecule has 3 fully saturated rings. The van der Waals surface area contributed by atoms with Crippen LogP contribution in [-0.2, 0) is 38.9 Å². The summed E-state index contributed by atoms with van der Waals surface area (Å²) < 4.78 is 24.0. The van der Waals surface area contributed by atoms with E-state index in [0.29, 0.717) is 30.0 Å². The Kier molecular flexibility index (Phi) is 5.84. The number of nitrogens with zero attached hydrogens (tertiary/aromatic N) is 1. The van der Waals surface area contributed by atoms with E-state index >= 15 is 0 Å². The minimum Gasteiger partial charge on any atom is -0.446 e. The van der Waals surface area contributed by atoms with Gasteiger partial charge in [0.25, 0.3) is 0 Å². The van der Waals surface area contributed by atoms with Gasteiger partial charge in [0, 0.05) is 22.5 Å². The van der Waals surface area contributed by atoms with Gasteiger partial charge < -0.3 is 29.2 Å². The molecule has 2 spiro atoms. The van der Waals surface area contributed by atoms with Crippen LogP contribution in [-0.4, -0.2) is 58.6 Å². The monoisotopic (exact) mass is 560 g/mol. The number of fused-ring (bicyclic) bond motifs is 7. The molecule has 4 aliphatic rings. The fraction of sp³-hybridized carbons (Fsp3) is 0.452. The smallest absolute Gasteiger partial charge is 0.421 e. The molecule has 41 heavy (non-hydrogen) atoms. The zero-order valence-corrected chi connectivity index (χ0v) is 22.9. The molecule has 1 aliphatic carbocycles. The maximum Gasteiger partial charge on any atom is 0.421 e. The Bertz CT molecular complexity index is 1540. The fourth-order valence-corrected chi connectivity index (χ4v) is 7.34. The second-order valence-corrected chi connectivity index (χ2v) is 11.9. The number of benzene rings is 2. The lowest BCUT2D eigenvalue weighted by Gasteiger charge is -2.51. The highest BCUT2D eigenvalue weighted by Gasteiger charge is 2.68. The van der Waals surface area contributed by atoms with E-state index in [1.807, 2.05) is 42.5 Å². The summed E-state index contributed by atoms with van der Waals surface area (Å²) >= 11 is 0. The normalized spacial score (nSPS) is 33.7. The lowest BCUT2D eigenvalue weighted by atomic mass is 9.71. The number of carbonyl (C=O) groups is 3. The quantitative estimate of drug-likeness (QED) is 0.461. The van der Waals surface area contributed by atoms with Crippen LogP contribution < -0.4 is 0 Å². The van der Waals surface area contributed by atoms with Gasteiger partial charge in [-0.15, -0.1) is 0 Å². The summed E-state index contributed by atoms with van der Waals surface area (Å²) in [6, 6.07) is 18.1. The highest BCUT2D eigenvalue weighted by molar-refractivity contribution is 5.93. The molecular weight excluding hydrogens is 528 g/mol. The molecule has 2 bridgehead atoms. The number of ether oxygens (including phenoxy) is 4. The maximum atomic E-state index is 13.3. The molecule has 3 aliphatic heterocycles. The van der Waals surface area contributed by atoms with Crippen LogP contribution in [0.15, 0.2) is 54.6 Å². The second kappa shape index (κ2) is 9.14. The van der Waals surface area contributed by atoms with Crippen molar-refractivity contribution in [2.75, 3.05) is 14.1 Å². The van der Waals surface area contributed by atoms with Crippen LogP contribution in [0.25, 0.3) is 10.9 Å². The van der Waals surface area contributed by atoms with Crippen molar-refractivity contribution in [3.63, 3.8) is 0 Å². The molecular formula is C31H32N2O8. The summed E-state index contributed by atoms with van der Waals surface area (Å²) in [6.45, 7) is 0. The van der Waals surface area contributed by atoms with E-state index in [1.54, 1.807) is 0 Å². The molecule has 0 amide bonds. The topological polar surface area (TPSA) is 127 Å². The SMILES string of the molecule is CN(C)C(c1ccccc1)C1CCC2(CC1)OC13OC(=O)CC(O)(CC(=O)OC1c1c2[nH]c2ccccc12)C(=O)O3. The number of aromatic amines is 1. The number of aliphatic hydroxyl groups is 1. The van der Waals surface area contributed by atoms with Gasteiger partial charge in [0.2, 0.25) is 6.10 Å². The summed E-state index contributed by atoms with van der Waals surface area (Å²) in [5.41, 5.74) is -0.149. The molecule has 2 saturated heterocycles. The van der Waals surface area contributed by atoms with Crippen molar-refractivity contribution in [2.45, 2.75) is 67.8 Å². The summed E-state index contributed by atoms with van der Waals surface area (Å²) in [5, 5.41) is 11.7. The Balaban J connectivity index is 1.35. The highest BCUT2D eigenvalue weighted by Crippen LogP contribution is 2.59. The van der Waals surface area contributed by atoms with Crippen LogP contribution in [0.1, 0.15) is 67.5 Å². The molecule has 10 heteroatoms. The van der Waals surface area contributed by atoms with Crippen LogP contribution in [0, 0.1) is 5.92 Å². The summed E-state index contributed by atoms with van der Waals surface area (Å²) in [5.74, 6) is -4.99. The zero-order valence-electron chi connectivity index (χ0n) is 22.9. The van der Waals surface area contributed by atoms with Crippen LogP contribution in [0.5, 0.6) is 0 Å². The fourth-order valence-electron chi connectivity index (χ4n) is 7.34. The van der Waals surface area contributed by atoms with E-state index in [4.69, 9.17) is 18.9 Å². The van der Waals surface area contributed by atoms with Crippen LogP contribution >= 0.6 is 0 Å². The van der Waals surface area contributed by atoms with Gasteiger partial charge in [-0.05, 0) is 57.3 Å². The lowest BCUT2D eigenvalue weighted by Crippen LogP contribution is -2.59. The molecule has 10 nitrogen and oxygen atoms in total.